The Balaban J connectivity index is 1.40. The fourth-order valence-corrected chi connectivity index (χ4v) is 4.62. The van der Waals surface area contributed by atoms with Gasteiger partial charge in [0.1, 0.15) is 5.75 Å². The van der Waals surface area contributed by atoms with Crippen LogP contribution in [0.5, 0.6) is 5.75 Å². The molecule has 1 aromatic rings. The molecule has 0 aliphatic heterocycles. The molecule has 0 unspecified atom stereocenters. The molecule has 0 spiro atoms. The maximum atomic E-state index is 12.4. The first kappa shape index (κ1) is 19.7. The molecule has 0 amide bonds. The number of hydrogen-bond donors (Lipinski definition) is 0. The van der Waals surface area contributed by atoms with Crippen LogP contribution in [0.25, 0.3) is 0 Å². The molecular weight excluding hydrogens is 388 g/mol. The fraction of sp³-hybridized carbons (Fsp3) is 0.609. The predicted molar refractivity (Wildman–Crippen MR) is 110 cm³/mol. The summed E-state index contributed by atoms with van der Waals surface area (Å²) in [6, 6.07) is 7.48. The first-order valence-electron chi connectivity index (χ1n) is 10.3. The quantitative estimate of drug-likeness (QED) is 0.294. The van der Waals surface area contributed by atoms with Gasteiger partial charge in [-0.15, -0.1) is 0 Å². The van der Waals surface area contributed by atoms with E-state index in [-0.39, 0.29) is 11.9 Å². The Hall–Kier alpha value is -1.09. The summed E-state index contributed by atoms with van der Waals surface area (Å²) >= 11 is 3.40. The van der Waals surface area contributed by atoms with Gasteiger partial charge in [-0.25, -0.2) is 0 Å². The van der Waals surface area contributed by atoms with Crippen molar-refractivity contribution in [3.63, 3.8) is 0 Å². The van der Waals surface area contributed by atoms with E-state index in [1.807, 2.05) is 24.3 Å². The Kier molecular flexibility index (Phi) is 7.36. The Bertz CT molecular complexity index is 591. The van der Waals surface area contributed by atoms with E-state index in [1.54, 1.807) is 0 Å². The molecule has 1 aromatic carbocycles. The third-order valence-electron chi connectivity index (χ3n) is 6.26. The molecule has 0 radical (unpaired) electrons. The molecule has 0 heterocycles. The van der Waals surface area contributed by atoms with Crippen molar-refractivity contribution >= 4 is 21.9 Å². The van der Waals surface area contributed by atoms with Crippen LogP contribution in [0.3, 0.4) is 0 Å². The lowest BCUT2D eigenvalue weighted by Crippen LogP contribution is -2.25. The summed E-state index contributed by atoms with van der Waals surface area (Å²) in [6.07, 6.45) is 15.9. The average Bonchev–Trinajstić information content (AvgIpc) is 2.69. The first-order valence-corrected chi connectivity index (χ1v) is 11.1. The normalized spacial score (nSPS) is 29.6. The molecule has 2 nitrogen and oxygen atoms in total. The summed E-state index contributed by atoms with van der Waals surface area (Å²) in [5.74, 6) is 3.04. The number of ether oxygens (including phenoxy) is 1. The molecule has 0 atom stereocenters. The highest BCUT2D eigenvalue weighted by Crippen LogP contribution is 2.34. The van der Waals surface area contributed by atoms with Crippen LogP contribution in [0, 0.1) is 23.7 Å². The molecule has 3 heteroatoms. The summed E-state index contributed by atoms with van der Waals surface area (Å²) in [5, 5.41) is 0. The summed E-state index contributed by atoms with van der Waals surface area (Å²) in [5.41, 5.74) is 0. The Labute approximate surface area is 166 Å². The van der Waals surface area contributed by atoms with Crippen LogP contribution in [-0.4, -0.2) is 5.97 Å². The second kappa shape index (κ2) is 9.73. The van der Waals surface area contributed by atoms with Crippen molar-refractivity contribution in [2.45, 2.75) is 64.7 Å². The molecule has 2 saturated carbocycles. The summed E-state index contributed by atoms with van der Waals surface area (Å²) in [6.45, 7) is 2.32. The number of allylic oxidation sites excluding steroid dienone is 2. The average molecular weight is 419 g/mol. The van der Waals surface area contributed by atoms with E-state index >= 15 is 0 Å². The number of carbonyl (C=O) groups excluding carboxylic acids is 1. The topological polar surface area (TPSA) is 26.3 Å². The molecule has 0 saturated heterocycles. The zero-order valence-corrected chi connectivity index (χ0v) is 17.4. The van der Waals surface area contributed by atoms with Crippen molar-refractivity contribution in [1.29, 1.82) is 0 Å². The number of hydrogen-bond acceptors (Lipinski definition) is 2. The maximum Gasteiger partial charge on any atom is 0.314 e. The molecule has 0 bridgehead atoms. The van der Waals surface area contributed by atoms with E-state index in [4.69, 9.17) is 4.74 Å². The number of carbonyl (C=O) groups is 1. The van der Waals surface area contributed by atoms with Crippen LogP contribution in [0.15, 0.2) is 40.9 Å². The van der Waals surface area contributed by atoms with Gasteiger partial charge in [0, 0.05) is 4.47 Å². The maximum absolute atomic E-state index is 12.4. The van der Waals surface area contributed by atoms with E-state index in [0.717, 1.165) is 42.0 Å². The summed E-state index contributed by atoms with van der Waals surface area (Å²) in [4.78, 5) is 12.4. The van der Waals surface area contributed by atoms with E-state index in [1.165, 1.54) is 32.1 Å². The van der Waals surface area contributed by atoms with Crippen molar-refractivity contribution in [2.75, 3.05) is 0 Å². The Morgan fingerprint density at radius 1 is 0.962 bits per heavy atom. The molecule has 0 aromatic heterocycles. The van der Waals surface area contributed by atoms with Crippen LogP contribution in [0.4, 0.5) is 0 Å². The Morgan fingerprint density at radius 3 is 2.04 bits per heavy atom. The van der Waals surface area contributed by atoms with Gasteiger partial charge in [-0.2, -0.15) is 0 Å². The number of rotatable bonds is 5. The van der Waals surface area contributed by atoms with Crippen LogP contribution in [-0.2, 0) is 4.79 Å². The minimum absolute atomic E-state index is 0.0586. The highest BCUT2D eigenvalue weighted by Gasteiger charge is 2.27. The highest BCUT2D eigenvalue weighted by molar-refractivity contribution is 9.10. The van der Waals surface area contributed by atoms with Crippen LogP contribution in [0.2, 0.25) is 0 Å². The molecular formula is C23H31BrO2. The molecule has 2 fully saturated rings. The third kappa shape index (κ3) is 5.70. The van der Waals surface area contributed by atoms with Gasteiger partial charge in [0.05, 0.1) is 5.92 Å². The standard InChI is InChI=1S/C23H31BrO2/c1-2-17-3-5-18(6-4-17)7-8-19-9-11-20(12-10-19)23(25)26-22-15-13-21(24)14-16-22/h7-8,13-20H,2-6,9-12H2,1H3/b8-7+. The minimum atomic E-state index is -0.0624. The molecule has 0 N–H and O–H groups in total. The van der Waals surface area contributed by atoms with E-state index in [0.29, 0.717) is 11.7 Å². The van der Waals surface area contributed by atoms with Gasteiger partial charge in [-0.1, -0.05) is 41.4 Å². The van der Waals surface area contributed by atoms with Crippen LogP contribution in [0.1, 0.15) is 64.7 Å². The summed E-state index contributed by atoms with van der Waals surface area (Å²) in [7, 11) is 0. The SMILES string of the molecule is CCC1CCC(/C=C/C2CCC(C(=O)Oc3ccc(Br)cc3)CC2)CC1. The number of halogens is 1. The van der Waals surface area contributed by atoms with Crippen molar-refractivity contribution in [2.24, 2.45) is 23.7 Å². The Morgan fingerprint density at radius 2 is 1.50 bits per heavy atom. The van der Waals surface area contributed by atoms with Crippen molar-refractivity contribution < 1.29 is 9.53 Å². The van der Waals surface area contributed by atoms with Gasteiger partial charge < -0.3 is 4.74 Å². The third-order valence-corrected chi connectivity index (χ3v) is 6.79. The second-order valence-electron chi connectivity index (χ2n) is 8.06. The van der Waals surface area contributed by atoms with Gasteiger partial charge >= 0.3 is 5.97 Å². The molecule has 142 valence electrons. The van der Waals surface area contributed by atoms with Crippen molar-refractivity contribution in [3.8, 4) is 5.75 Å². The monoisotopic (exact) mass is 418 g/mol. The molecule has 2 aliphatic rings. The van der Waals surface area contributed by atoms with Crippen LogP contribution < -0.4 is 4.74 Å². The number of esters is 1. The molecule has 26 heavy (non-hydrogen) atoms. The fourth-order valence-electron chi connectivity index (χ4n) is 4.35. The van der Waals surface area contributed by atoms with Gasteiger partial charge in [-0.05, 0) is 93.4 Å². The smallest absolute Gasteiger partial charge is 0.314 e. The first-order chi connectivity index (χ1) is 12.6. The predicted octanol–water partition coefficient (Wildman–Crippen LogP) is 6.93. The van der Waals surface area contributed by atoms with Gasteiger partial charge in [-0.3, -0.25) is 4.79 Å². The second-order valence-corrected chi connectivity index (χ2v) is 8.98. The van der Waals surface area contributed by atoms with E-state index < -0.39 is 0 Å². The van der Waals surface area contributed by atoms with Gasteiger partial charge in [0.25, 0.3) is 0 Å². The lowest BCUT2D eigenvalue weighted by atomic mass is 9.78. The summed E-state index contributed by atoms with van der Waals surface area (Å²) < 4.78 is 6.54. The van der Waals surface area contributed by atoms with Crippen LogP contribution >= 0.6 is 15.9 Å². The minimum Gasteiger partial charge on any atom is -0.426 e. The van der Waals surface area contributed by atoms with E-state index in [2.05, 4.69) is 35.0 Å². The molecule has 3 rings (SSSR count). The highest BCUT2D eigenvalue weighted by atomic mass is 79.9. The van der Waals surface area contributed by atoms with Crippen molar-refractivity contribution in [1.82, 2.24) is 0 Å². The van der Waals surface area contributed by atoms with Gasteiger partial charge in [0.15, 0.2) is 0 Å². The molecule has 2 aliphatic carbocycles. The van der Waals surface area contributed by atoms with Gasteiger partial charge in [0.2, 0.25) is 0 Å². The number of benzene rings is 1. The zero-order chi connectivity index (χ0) is 18.4. The lowest BCUT2D eigenvalue weighted by Gasteiger charge is -2.27. The van der Waals surface area contributed by atoms with E-state index in [9.17, 15) is 4.79 Å². The largest absolute Gasteiger partial charge is 0.426 e. The lowest BCUT2D eigenvalue weighted by molar-refractivity contribution is -0.140. The zero-order valence-electron chi connectivity index (χ0n) is 15.8. The van der Waals surface area contributed by atoms with Crippen molar-refractivity contribution in [3.05, 3.63) is 40.9 Å².